The molecule has 100 valence electrons. The highest BCUT2D eigenvalue weighted by Crippen LogP contribution is 2.27. The second-order valence-corrected chi connectivity index (χ2v) is 6.29. The molecule has 0 atom stereocenters. The summed E-state index contributed by atoms with van der Waals surface area (Å²) in [5.74, 6) is 1.02. The molecule has 1 saturated carbocycles. The Balaban J connectivity index is 2.12. The minimum absolute atomic E-state index is 0.114. The van der Waals surface area contributed by atoms with Crippen LogP contribution in [0, 0.1) is 5.92 Å². The van der Waals surface area contributed by atoms with Gasteiger partial charge in [0.15, 0.2) is 0 Å². The van der Waals surface area contributed by atoms with E-state index in [1.54, 1.807) is 6.07 Å². The molecule has 0 aliphatic heterocycles. The molecule has 6 heteroatoms. The molecule has 1 aromatic rings. The van der Waals surface area contributed by atoms with Gasteiger partial charge in [-0.05, 0) is 30.9 Å². The number of nitrogens with one attached hydrogen (secondary N) is 1. The van der Waals surface area contributed by atoms with Gasteiger partial charge < -0.3 is 10.5 Å². The van der Waals surface area contributed by atoms with E-state index < -0.39 is 10.0 Å². The number of rotatable bonds is 5. The van der Waals surface area contributed by atoms with Gasteiger partial charge in [-0.1, -0.05) is 6.42 Å². The maximum atomic E-state index is 12.1. The van der Waals surface area contributed by atoms with E-state index in [0.717, 1.165) is 12.8 Å². The highest BCUT2D eigenvalue weighted by atomic mass is 32.2. The van der Waals surface area contributed by atoms with Gasteiger partial charge in [0.25, 0.3) is 0 Å². The SMILES string of the molecule is COc1ccc(S(=O)(=O)NCC2CCC2)c(N)c1. The second-order valence-electron chi connectivity index (χ2n) is 4.55. The highest BCUT2D eigenvalue weighted by Gasteiger charge is 2.22. The van der Waals surface area contributed by atoms with Crippen LogP contribution in [0.2, 0.25) is 0 Å². The lowest BCUT2D eigenvalue weighted by Gasteiger charge is -2.25. The van der Waals surface area contributed by atoms with Crippen LogP contribution in [0.25, 0.3) is 0 Å². The summed E-state index contributed by atoms with van der Waals surface area (Å²) in [6.45, 7) is 0.494. The van der Waals surface area contributed by atoms with Crippen LogP contribution in [-0.2, 0) is 10.0 Å². The van der Waals surface area contributed by atoms with Crippen LogP contribution in [0.4, 0.5) is 5.69 Å². The van der Waals surface area contributed by atoms with Crippen molar-refractivity contribution >= 4 is 15.7 Å². The maximum Gasteiger partial charge on any atom is 0.242 e. The Bertz CT molecular complexity index is 524. The summed E-state index contributed by atoms with van der Waals surface area (Å²) in [5, 5.41) is 0. The predicted octanol–water partition coefficient (Wildman–Crippen LogP) is 1.36. The molecule has 0 radical (unpaired) electrons. The van der Waals surface area contributed by atoms with Crippen molar-refractivity contribution in [1.82, 2.24) is 4.72 Å². The van der Waals surface area contributed by atoms with Gasteiger partial charge in [-0.3, -0.25) is 0 Å². The molecule has 18 heavy (non-hydrogen) atoms. The Hall–Kier alpha value is -1.27. The van der Waals surface area contributed by atoms with Crippen molar-refractivity contribution in [2.45, 2.75) is 24.2 Å². The molecule has 0 unspecified atom stereocenters. The lowest BCUT2D eigenvalue weighted by atomic mass is 9.86. The van der Waals surface area contributed by atoms with Crippen molar-refractivity contribution in [3.05, 3.63) is 18.2 Å². The van der Waals surface area contributed by atoms with E-state index in [1.165, 1.54) is 25.7 Å². The van der Waals surface area contributed by atoms with Gasteiger partial charge in [-0.15, -0.1) is 0 Å². The Morgan fingerprint density at radius 1 is 1.44 bits per heavy atom. The Morgan fingerprint density at radius 3 is 2.67 bits per heavy atom. The molecule has 0 heterocycles. The number of benzene rings is 1. The summed E-state index contributed by atoms with van der Waals surface area (Å²) in [6, 6.07) is 4.57. The van der Waals surface area contributed by atoms with Gasteiger partial charge in [-0.2, -0.15) is 0 Å². The summed E-state index contributed by atoms with van der Waals surface area (Å²) in [5.41, 5.74) is 5.94. The molecule has 0 bridgehead atoms. The zero-order valence-corrected chi connectivity index (χ0v) is 11.2. The van der Waals surface area contributed by atoms with Gasteiger partial charge in [0.2, 0.25) is 10.0 Å². The van der Waals surface area contributed by atoms with E-state index in [2.05, 4.69) is 4.72 Å². The van der Waals surface area contributed by atoms with Gasteiger partial charge >= 0.3 is 0 Å². The number of methoxy groups -OCH3 is 1. The van der Waals surface area contributed by atoms with Crippen LogP contribution in [0.1, 0.15) is 19.3 Å². The molecule has 1 aliphatic carbocycles. The second kappa shape index (κ2) is 5.16. The smallest absolute Gasteiger partial charge is 0.242 e. The minimum Gasteiger partial charge on any atom is -0.497 e. The number of ether oxygens (including phenoxy) is 1. The Kier molecular flexibility index (Phi) is 3.77. The average molecular weight is 270 g/mol. The van der Waals surface area contributed by atoms with Crippen LogP contribution in [0.5, 0.6) is 5.75 Å². The number of hydrogen-bond donors (Lipinski definition) is 2. The van der Waals surface area contributed by atoms with Gasteiger partial charge in [0.05, 0.1) is 12.8 Å². The van der Waals surface area contributed by atoms with E-state index in [-0.39, 0.29) is 10.6 Å². The molecule has 3 N–H and O–H groups in total. The van der Waals surface area contributed by atoms with Crippen molar-refractivity contribution in [3.63, 3.8) is 0 Å². The van der Waals surface area contributed by atoms with Gasteiger partial charge in [-0.25, -0.2) is 13.1 Å². The number of hydrogen-bond acceptors (Lipinski definition) is 4. The van der Waals surface area contributed by atoms with E-state index in [4.69, 9.17) is 10.5 Å². The Labute approximate surface area is 107 Å². The molecule has 0 saturated heterocycles. The topological polar surface area (TPSA) is 81.4 Å². The third kappa shape index (κ3) is 2.76. The molecule has 1 aromatic carbocycles. The van der Waals surface area contributed by atoms with Crippen LogP contribution < -0.4 is 15.2 Å². The molecular formula is C12H18N2O3S. The number of sulfonamides is 1. The molecule has 2 rings (SSSR count). The zero-order valence-electron chi connectivity index (χ0n) is 10.3. The highest BCUT2D eigenvalue weighted by molar-refractivity contribution is 7.89. The van der Waals surface area contributed by atoms with E-state index in [9.17, 15) is 8.42 Å². The lowest BCUT2D eigenvalue weighted by molar-refractivity contribution is 0.316. The third-order valence-corrected chi connectivity index (χ3v) is 4.79. The molecular weight excluding hydrogens is 252 g/mol. The van der Waals surface area contributed by atoms with Crippen LogP contribution >= 0.6 is 0 Å². The van der Waals surface area contributed by atoms with Crippen LogP contribution in [0.3, 0.4) is 0 Å². The van der Waals surface area contributed by atoms with Crippen molar-refractivity contribution in [2.75, 3.05) is 19.4 Å². The van der Waals surface area contributed by atoms with Crippen LogP contribution in [0.15, 0.2) is 23.1 Å². The maximum absolute atomic E-state index is 12.1. The molecule has 1 fully saturated rings. The first-order valence-electron chi connectivity index (χ1n) is 5.96. The fourth-order valence-corrected chi connectivity index (χ4v) is 3.13. The van der Waals surface area contributed by atoms with E-state index >= 15 is 0 Å². The van der Waals surface area contributed by atoms with Crippen LogP contribution in [-0.4, -0.2) is 22.1 Å². The summed E-state index contributed by atoms with van der Waals surface area (Å²) in [6.07, 6.45) is 3.39. The standard InChI is InChI=1S/C12H18N2O3S/c1-17-10-5-6-12(11(13)7-10)18(15,16)14-8-9-3-2-4-9/h5-7,9,14H,2-4,8,13H2,1H3. The van der Waals surface area contributed by atoms with Crippen molar-refractivity contribution in [1.29, 1.82) is 0 Å². The summed E-state index contributed by atoms with van der Waals surface area (Å²) >= 11 is 0. The van der Waals surface area contributed by atoms with Crippen molar-refractivity contribution in [2.24, 2.45) is 5.92 Å². The van der Waals surface area contributed by atoms with Gasteiger partial charge in [0, 0.05) is 12.6 Å². The molecule has 0 spiro atoms. The lowest BCUT2D eigenvalue weighted by Crippen LogP contribution is -2.32. The summed E-state index contributed by atoms with van der Waals surface area (Å²) in [4.78, 5) is 0.114. The fourth-order valence-electron chi connectivity index (χ4n) is 1.90. The fraction of sp³-hybridized carbons (Fsp3) is 0.500. The molecule has 0 amide bonds. The summed E-state index contributed by atoms with van der Waals surface area (Å²) < 4.78 is 31.7. The Morgan fingerprint density at radius 2 is 2.17 bits per heavy atom. The first kappa shape index (κ1) is 13.2. The van der Waals surface area contributed by atoms with E-state index in [0.29, 0.717) is 18.2 Å². The van der Waals surface area contributed by atoms with Gasteiger partial charge in [0.1, 0.15) is 10.6 Å². The molecule has 1 aliphatic rings. The third-order valence-electron chi connectivity index (χ3n) is 3.29. The normalized spacial score (nSPS) is 16.3. The largest absolute Gasteiger partial charge is 0.497 e. The zero-order chi connectivity index (χ0) is 13.2. The molecule has 0 aromatic heterocycles. The minimum atomic E-state index is -3.52. The van der Waals surface area contributed by atoms with E-state index in [1.807, 2.05) is 0 Å². The first-order chi connectivity index (χ1) is 8.53. The van der Waals surface area contributed by atoms with Crippen molar-refractivity contribution in [3.8, 4) is 5.75 Å². The van der Waals surface area contributed by atoms with Crippen molar-refractivity contribution < 1.29 is 13.2 Å². The quantitative estimate of drug-likeness (QED) is 0.791. The molecule has 5 nitrogen and oxygen atoms in total. The number of nitrogen functional groups attached to an aromatic ring is 1. The number of nitrogens with two attached hydrogens (primary N) is 1. The number of anilines is 1. The summed E-state index contributed by atoms with van der Waals surface area (Å²) in [7, 11) is -2.01. The predicted molar refractivity (Wildman–Crippen MR) is 69.9 cm³/mol. The monoisotopic (exact) mass is 270 g/mol. The first-order valence-corrected chi connectivity index (χ1v) is 7.44. The average Bonchev–Trinajstić information content (AvgIpc) is 2.26.